The number of nitrogens with one attached hydrogen (secondary N) is 2. The molecule has 2 saturated heterocycles. The number of rotatable bonds is 13. The van der Waals surface area contributed by atoms with Gasteiger partial charge in [-0.05, 0) is 60.9 Å². The van der Waals surface area contributed by atoms with E-state index in [9.17, 15) is 23.2 Å². The van der Waals surface area contributed by atoms with E-state index in [0.717, 1.165) is 70.6 Å². The molecule has 2 fully saturated rings. The number of carbonyl (C=O) groups excluding carboxylic acids is 3. The number of nitrogens with zero attached hydrogens (tertiary/aromatic N) is 6. The Kier molecular flexibility index (Phi) is 10.3. The van der Waals surface area contributed by atoms with Crippen molar-refractivity contribution in [3.63, 3.8) is 0 Å². The summed E-state index contributed by atoms with van der Waals surface area (Å²) in [6.07, 6.45) is 7.49. The van der Waals surface area contributed by atoms with E-state index in [1.54, 1.807) is 18.3 Å². The molecule has 16 heteroatoms. The van der Waals surface area contributed by atoms with E-state index in [2.05, 4.69) is 59.8 Å². The van der Waals surface area contributed by atoms with Gasteiger partial charge in [0.2, 0.25) is 11.8 Å². The van der Waals surface area contributed by atoms with Crippen molar-refractivity contribution in [2.75, 3.05) is 57.4 Å². The maximum atomic E-state index is 15.0. The average Bonchev–Trinajstić information content (AvgIpc) is 3.76. The van der Waals surface area contributed by atoms with Crippen molar-refractivity contribution in [2.24, 2.45) is 0 Å². The molecule has 3 amide bonds. The van der Waals surface area contributed by atoms with Crippen molar-refractivity contribution in [1.82, 2.24) is 35.1 Å². The van der Waals surface area contributed by atoms with Crippen molar-refractivity contribution in [1.29, 1.82) is 0 Å². The molecule has 0 saturated carbocycles. The average molecular weight is 815 g/mol. The molecule has 0 bridgehead atoms. The fourth-order valence-electron chi connectivity index (χ4n) is 7.78. The molecule has 2 N–H and O–H groups in total. The second kappa shape index (κ2) is 16.0. The largest absolute Gasteiger partial charge is 0.486 e. The second-order valence-electron chi connectivity index (χ2n) is 15.0. The maximum Gasteiger partial charge on any atom is 0.314 e. The van der Waals surface area contributed by atoms with Gasteiger partial charge in [-0.25, -0.2) is 9.97 Å². The van der Waals surface area contributed by atoms with Gasteiger partial charge >= 0.3 is 5.92 Å². The first-order valence-electron chi connectivity index (χ1n) is 19.6. The Balaban J connectivity index is 0.710. The van der Waals surface area contributed by atoms with Crippen LogP contribution in [-0.2, 0) is 4.79 Å². The normalized spacial score (nSPS) is 17.3. The Morgan fingerprint density at radius 1 is 0.817 bits per heavy atom. The number of hydrogen-bond donors (Lipinski definition) is 2. The third-order valence-corrected chi connectivity index (χ3v) is 11.0. The number of piperidine rings is 1. The van der Waals surface area contributed by atoms with Crippen molar-refractivity contribution < 1.29 is 37.4 Å². The van der Waals surface area contributed by atoms with E-state index in [-0.39, 0.29) is 29.0 Å². The van der Waals surface area contributed by atoms with Gasteiger partial charge in [0.25, 0.3) is 11.8 Å². The Bertz CT molecular complexity index is 2610. The van der Waals surface area contributed by atoms with E-state index < -0.39 is 42.9 Å². The Labute approximate surface area is 342 Å². The van der Waals surface area contributed by atoms with Gasteiger partial charge in [-0.1, -0.05) is 24.8 Å². The minimum Gasteiger partial charge on any atom is -0.486 e. The molecule has 3 aliphatic heterocycles. The molecule has 6 aromatic rings. The lowest BCUT2D eigenvalue weighted by Gasteiger charge is -2.35. The monoisotopic (exact) mass is 814 g/mol. The lowest BCUT2D eigenvalue weighted by Crippen LogP contribution is -2.51. The smallest absolute Gasteiger partial charge is 0.314 e. The minimum absolute atomic E-state index is 0.0126. The summed E-state index contributed by atoms with van der Waals surface area (Å²) in [4.78, 5) is 60.9. The molecule has 1 atom stereocenters. The Morgan fingerprint density at radius 2 is 1.65 bits per heavy atom. The Hall–Kier alpha value is -6.94. The van der Waals surface area contributed by atoms with Gasteiger partial charge in [0.05, 0.1) is 17.3 Å². The van der Waals surface area contributed by atoms with Gasteiger partial charge < -0.3 is 29.4 Å². The number of aromatic nitrogens is 4. The minimum atomic E-state index is -3.46. The third kappa shape index (κ3) is 7.80. The quantitative estimate of drug-likeness (QED) is 0.135. The summed E-state index contributed by atoms with van der Waals surface area (Å²) in [6.45, 7) is 5.87. The topological polar surface area (TPSA) is 155 Å². The molecule has 0 radical (unpaired) electrons. The number of ether oxygens (including phenoxy) is 3. The molecule has 0 spiro atoms. The number of imide groups is 1. The number of fused-ring (bicyclic) bond motifs is 4. The van der Waals surface area contributed by atoms with E-state index in [1.165, 1.54) is 24.4 Å². The van der Waals surface area contributed by atoms with Gasteiger partial charge in [0.15, 0.2) is 13.2 Å². The Morgan fingerprint density at radius 3 is 2.43 bits per heavy atom. The number of halogens is 2. The van der Waals surface area contributed by atoms with E-state index >= 15 is 0 Å². The van der Waals surface area contributed by atoms with Crippen LogP contribution in [0.2, 0.25) is 0 Å². The number of allylic oxidation sites excluding steroid dienone is 1. The lowest BCUT2D eigenvalue weighted by atomic mass is 10.0. The van der Waals surface area contributed by atoms with Crippen LogP contribution in [0.5, 0.6) is 17.4 Å². The van der Waals surface area contributed by atoms with Crippen LogP contribution < -0.4 is 24.4 Å². The van der Waals surface area contributed by atoms with Gasteiger partial charge in [0.1, 0.15) is 30.0 Å². The number of pyridine rings is 3. The van der Waals surface area contributed by atoms with Crippen LogP contribution in [0, 0.1) is 0 Å². The summed E-state index contributed by atoms with van der Waals surface area (Å²) in [5.74, 6) is -4.18. The zero-order chi connectivity index (χ0) is 41.4. The third-order valence-electron chi connectivity index (χ3n) is 11.0. The highest BCUT2D eigenvalue weighted by Gasteiger charge is 2.46. The van der Waals surface area contributed by atoms with Crippen LogP contribution in [0.15, 0.2) is 104 Å². The van der Waals surface area contributed by atoms with Crippen molar-refractivity contribution in [2.45, 2.75) is 24.8 Å². The van der Waals surface area contributed by atoms with Gasteiger partial charge in [-0.2, -0.15) is 8.78 Å². The predicted octanol–water partition coefficient (Wildman–Crippen LogP) is 5.86. The SMILES string of the molecule is C=C1CCC(N2C(=O)c3cccc(OCC(F)(F)COc4ccc(N5CCN(CCOc6ccc(-c7ccc8c(c7)[nH]c7ccncc78)cn6)CC5)nc4)c3C2=O)C(=O)N1. The number of anilines is 1. The molecule has 0 aliphatic carbocycles. The molecule has 306 valence electrons. The molecule has 14 nitrogen and oxygen atoms in total. The fraction of sp³-hybridized carbons (Fsp3) is 0.273. The van der Waals surface area contributed by atoms with Crippen LogP contribution in [0.4, 0.5) is 14.6 Å². The summed E-state index contributed by atoms with van der Waals surface area (Å²) in [6, 6.07) is 18.6. The molecular formula is C44H40F2N8O6. The highest BCUT2D eigenvalue weighted by Crippen LogP contribution is 2.35. The van der Waals surface area contributed by atoms with Gasteiger partial charge in [-0.3, -0.25) is 29.2 Å². The first-order chi connectivity index (χ1) is 29.1. The van der Waals surface area contributed by atoms with Crippen LogP contribution in [0.25, 0.3) is 32.9 Å². The number of alkyl halides is 2. The number of amides is 3. The molecule has 4 aromatic heterocycles. The fourth-order valence-corrected chi connectivity index (χ4v) is 7.78. The molecule has 7 heterocycles. The van der Waals surface area contributed by atoms with Crippen molar-refractivity contribution in [3.05, 3.63) is 115 Å². The molecule has 3 aliphatic rings. The zero-order valence-electron chi connectivity index (χ0n) is 32.4. The molecule has 9 rings (SSSR count). The summed E-state index contributed by atoms with van der Waals surface area (Å²) in [7, 11) is 0. The molecule has 60 heavy (non-hydrogen) atoms. The zero-order valence-corrected chi connectivity index (χ0v) is 32.4. The molecule has 1 unspecified atom stereocenters. The second-order valence-corrected chi connectivity index (χ2v) is 15.0. The number of piperazine rings is 1. The van der Waals surface area contributed by atoms with E-state index in [0.29, 0.717) is 30.4 Å². The van der Waals surface area contributed by atoms with Crippen molar-refractivity contribution in [3.8, 4) is 28.5 Å². The van der Waals surface area contributed by atoms with Gasteiger partial charge in [0, 0.05) is 90.4 Å². The number of benzene rings is 2. The first-order valence-corrected chi connectivity index (χ1v) is 19.6. The highest BCUT2D eigenvalue weighted by atomic mass is 19.3. The maximum absolute atomic E-state index is 15.0. The summed E-state index contributed by atoms with van der Waals surface area (Å²) in [5.41, 5.74) is 4.48. The summed E-state index contributed by atoms with van der Waals surface area (Å²) >= 11 is 0. The van der Waals surface area contributed by atoms with Crippen LogP contribution >= 0.6 is 0 Å². The number of carbonyl (C=O) groups is 3. The lowest BCUT2D eigenvalue weighted by molar-refractivity contribution is -0.125. The summed E-state index contributed by atoms with van der Waals surface area (Å²) < 4.78 is 46.8. The van der Waals surface area contributed by atoms with Crippen LogP contribution in [0.1, 0.15) is 33.6 Å². The number of hydrogen-bond acceptors (Lipinski definition) is 11. The van der Waals surface area contributed by atoms with Crippen LogP contribution in [-0.4, -0.2) is 112 Å². The van der Waals surface area contributed by atoms with Gasteiger partial charge in [-0.15, -0.1) is 0 Å². The molecule has 2 aromatic carbocycles. The predicted molar refractivity (Wildman–Crippen MR) is 218 cm³/mol. The highest BCUT2D eigenvalue weighted by molar-refractivity contribution is 6.24. The van der Waals surface area contributed by atoms with Crippen molar-refractivity contribution >= 4 is 45.3 Å². The first kappa shape index (κ1) is 38.6. The molecular weight excluding hydrogens is 775 g/mol. The summed E-state index contributed by atoms with van der Waals surface area (Å²) in [5, 5.41) is 4.79. The standard InChI is InChI=1S/C44H40F2N8O6/c1-27-5-10-36(41(55)50-27)54-42(56)32-3-2-4-37(40(32)43(54)57)60-26-44(45,46)25-59-30-8-11-38(48-23-30)53-17-15-52(16-18-53)19-20-58-39-12-7-29(22-49-39)28-6-9-31-33-24-47-14-13-34(33)51-35(31)21-28/h2-4,6-9,11-14,21-24,36,51H,1,5,10,15-20,25-26H2,(H,50,55). The number of aromatic amines is 1. The van der Waals surface area contributed by atoms with Crippen LogP contribution in [0.3, 0.4) is 0 Å². The number of H-pyrrole nitrogens is 1. The van der Waals surface area contributed by atoms with E-state index in [4.69, 9.17) is 14.2 Å². The van der Waals surface area contributed by atoms with E-state index in [1.807, 2.05) is 30.6 Å².